The first-order valence-corrected chi connectivity index (χ1v) is 4.23. The Morgan fingerprint density at radius 1 is 1.42 bits per heavy atom. The zero-order valence-corrected chi connectivity index (χ0v) is 7.69. The molecule has 3 unspecified atom stereocenters. The topological polar surface area (TPSA) is 18.5 Å². The Hall–Kier alpha value is -0.275. The molecule has 0 amide bonds. The molecule has 3 atom stereocenters. The number of methoxy groups -OCH3 is 2. The Kier molecular flexibility index (Phi) is 3.82. The van der Waals surface area contributed by atoms with Gasteiger partial charge in [-0.15, -0.1) is 0 Å². The Balaban J connectivity index is 2.52. The fourth-order valence-electron chi connectivity index (χ4n) is 1.56. The monoisotopic (exact) mass is 166 g/mol. The Bertz CT molecular complexity index is 159. The Morgan fingerprint density at radius 2 is 2.17 bits per heavy atom. The van der Waals surface area contributed by atoms with Gasteiger partial charge in [-0.1, -0.05) is 18.0 Å². The summed E-state index contributed by atoms with van der Waals surface area (Å²) in [6.07, 6.45) is 5.22. The first-order chi connectivity index (χ1) is 5.77. The van der Waals surface area contributed by atoms with Gasteiger partial charge in [0.15, 0.2) is 0 Å². The molecule has 0 aromatic heterocycles. The van der Waals surface area contributed by atoms with Crippen LogP contribution in [0.25, 0.3) is 0 Å². The summed E-state index contributed by atoms with van der Waals surface area (Å²) in [5.74, 6) is 0.503. The van der Waals surface area contributed by atoms with Crippen molar-refractivity contribution in [2.24, 2.45) is 5.92 Å². The van der Waals surface area contributed by atoms with Crippen LogP contribution in [0.15, 0.2) is 12.2 Å². The highest BCUT2D eigenvalue weighted by molar-refractivity contribution is 6.13. The van der Waals surface area contributed by atoms with Gasteiger partial charge in [0.25, 0.3) is 0 Å². The zero-order chi connectivity index (χ0) is 8.97. The van der Waals surface area contributed by atoms with Gasteiger partial charge < -0.3 is 9.47 Å². The molecule has 12 heavy (non-hydrogen) atoms. The van der Waals surface area contributed by atoms with Gasteiger partial charge >= 0.3 is 0 Å². The minimum atomic E-state index is 0.142. The minimum Gasteiger partial charge on any atom is -0.384 e. The smallest absolute Gasteiger partial charge is 0.0756 e. The second kappa shape index (κ2) is 4.68. The third kappa shape index (κ3) is 2.36. The third-order valence-corrected chi connectivity index (χ3v) is 2.25. The van der Waals surface area contributed by atoms with Crippen LogP contribution in [-0.4, -0.2) is 34.8 Å². The highest BCUT2D eigenvalue weighted by atomic mass is 16.5. The highest BCUT2D eigenvalue weighted by Gasteiger charge is 2.23. The van der Waals surface area contributed by atoms with Gasteiger partial charge in [0.1, 0.15) is 0 Å². The molecule has 0 saturated carbocycles. The van der Waals surface area contributed by atoms with E-state index in [0.29, 0.717) is 12.5 Å². The normalized spacial score (nSPS) is 35.3. The molecule has 0 aliphatic heterocycles. The lowest BCUT2D eigenvalue weighted by molar-refractivity contribution is 0.0253. The van der Waals surface area contributed by atoms with Crippen LogP contribution in [0.4, 0.5) is 0 Å². The van der Waals surface area contributed by atoms with Crippen molar-refractivity contribution in [2.45, 2.75) is 18.3 Å². The second-order valence-corrected chi connectivity index (χ2v) is 3.18. The molecule has 0 heterocycles. The lowest BCUT2D eigenvalue weighted by atomic mass is 9.75. The molecule has 66 valence electrons. The highest BCUT2D eigenvalue weighted by Crippen LogP contribution is 2.26. The van der Waals surface area contributed by atoms with E-state index in [1.165, 1.54) is 0 Å². The number of hydrogen-bond donors (Lipinski definition) is 0. The molecule has 1 aliphatic carbocycles. The maximum absolute atomic E-state index is 5.75. The predicted molar refractivity (Wildman–Crippen MR) is 49.4 cm³/mol. The third-order valence-electron chi connectivity index (χ3n) is 2.25. The average Bonchev–Trinajstić information content (AvgIpc) is 2.08. The van der Waals surface area contributed by atoms with Gasteiger partial charge in [0, 0.05) is 20.1 Å². The molecule has 0 N–H and O–H groups in total. The van der Waals surface area contributed by atoms with Crippen LogP contribution in [0.3, 0.4) is 0 Å². The first-order valence-electron chi connectivity index (χ1n) is 4.23. The van der Waals surface area contributed by atoms with Crippen molar-refractivity contribution >= 4 is 7.85 Å². The van der Waals surface area contributed by atoms with E-state index < -0.39 is 0 Å². The van der Waals surface area contributed by atoms with Crippen LogP contribution < -0.4 is 0 Å². The average molecular weight is 166 g/mol. The summed E-state index contributed by atoms with van der Waals surface area (Å²) in [5, 5.41) is 0. The van der Waals surface area contributed by atoms with Gasteiger partial charge in [0.2, 0.25) is 0 Å². The quantitative estimate of drug-likeness (QED) is 0.463. The number of allylic oxidation sites excluding steroid dienone is 1. The zero-order valence-electron chi connectivity index (χ0n) is 7.69. The van der Waals surface area contributed by atoms with Crippen molar-refractivity contribution < 1.29 is 9.47 Å². The van der Waals surface area contributed by atoms with E-state index >= 15 is 0 Å². The summed E-state index contributed by atoms with van der Waals surface area (Å²) < 4.78 is 10.4. The summed E-state index contributed by atoms with van der Waals surface area (Å²) >= 11 is 0. The van der Waals surface area contributed by atoms with Crippen LogP contribution in [-0.2, 0) is 9.47 Å². The molecule has 2 radical (unpaired) electrons. The molecule has 0 aromatic carbocycles. The van der Waals surface area contributed by atoms with Crippen LogP contribution in [0, 0.1) is 5.92 Å². The van der Waals surface area contributed by atoms with Gasteiger partial charge in [-0.2, -0.15) is 0 Å². The van der Waals surface area contributed by atoms with Crippen molar-refractivity contribution in [3.05, 3.63) is 12.2 Å². The molecular weight excluding hydrogens is 151 g/mol. The number of rotatable bonds is 3. The molecule has 2 nitrogen and oxygen atoms in total. The minimum absolute atomic E-state index is 0.142. The summed E-state index contributed by atoms with van der Waals surface area (Å²) in [6.45, 7) is 0.710. The Morgan fingerprint density at radius 3 is 2.75 bits per heavy atom. The van der Waals surface area contributed by atoms with Gasteiger partial charge in [-0.3, -0.25) is 0 Å². The number of hydrogen-bond acceptors (Lipinski definition) is 2. The standard InChI is InChI=1S/C9H15BO2/c1-11-6-7-3-4-8(10)5-9(7)12-2/h3-4,7-9H,5-6H2,1-2H3. The molecule has 3 heteroatoms. The molecule has 0 spiro atoms. The van der Waals surface area contributed by atoms with Crippen LogP contribution >= 0.6 is 0 Å². The van der Waals surface area contributed by atoms with E-state index in [2.05, 4.69) is 6.08 Å². The van der Waals surface area contributed by atoms with Gasteiger partial charge in [-0.25, -0.2) is 0 Å². The van der Waals surface area contributed by atoms with E-state index in [1.807, 2.05) is 6.08 Å². The van der Waals surface area contributed by atoms with Crippen molar-refractivity contribution in [3.8, 4) is 0 Å². The van der Waals surface area contributed by atoms with Crippen molar-refractivity contribution in [2.75, 3.05) is 20.8 Å². The van der Waals surface area contributed by atoms with Crippen molar-refractivity contribution in [1.82, 2.24) is 0 Å². The summed E-state index contributed by atoms with van der Waals surface area (Å²) in [7, 11) is 9.18. The first kappa shape index (κ1) is 9.81. The van der Waals surface area contributed by atoms with Crippen LogP contribution in [0.1, 0.15) is 6.42 Å². The van der Waals surface area contributed by atoms with E-state index in [9.17, 15) is 0 Å². The summed E-state index contributed by atoms with van der Waals surface area (Å²) in [5.41, 5.74) is 0. The molecular formula is C9H15BO2. The lowest BCUT2D eigenvalue weighted by Crippen LogP contribution is -2.29. The molecule has 0 saturated heterocycles. The van der Waals surface area contributed by atoms with E-state index in [4.69, 9.17) is 17.3 Å². The van der Waals surface area contributed by atoms with Gasteiger partial charge in [0.05, 0.1) is 20.6 Å². The fraction of sp³-hybridized carbons (Fsp3) is 0.778. The Labute approximate surface area is 75.3 Å². The summed E-state index contributed by atoms with van der Waals surface area (Å²) in [4.78, 5) is 0. The predicted octanol–water partition coefficient (Wildman–Crippen LogP) is 1.18. The lowest BCUT2D eigenvalue weighted by Gasteiger charge is -2.29. The summed E-state index contributed by atoms with van der Waals surface area (Å²) in [6, 6.07) is 0. The maximum atomic E-state index is 5.75. The SMILES string of the molecule is [B]C1C=CC(COC)C(OC)C1. The molecule has 0 bridgehead atoms. The molecule has 1 rings (SSSR count). The maximum Gasteiger partial charge on any atom is 0.0756 e. The van der Waals surface area contributed by atoms with Crippen molar-refractivity contribution in [3.63, 3.8) is 0 Å². The van der Waals surface area contributed by atoms with E-state index in [1.54, 1.807) is 14.2 Å². The van der Waals surface area contributed by atoms with Crippen LogP contribution in [0.5, 0.6) is 0 Å². The molecule has 0 aromatic rings. The second-order valence-electron chi connectivity index (χ2n) is 3.18. The largest absolute Gasteiger partial charge is 0.384 e. The molecule has 1 aliphatic rings. The fourth-order valence-corrected chi connectivity index (χ4v) is 1.56. The molecule has 0 fully saturated rings. The number of ether oxygens (including phenoxy) is 2. The van der Waals surface area contributed by atoms with E-state index in [0.717, 1.165) is 6.42 Å². The van der Waals surface area contributed by atoms with Crippen LogP contribution in [0.2, 0.25) is 5.82 Å². The van der Waals surface area contributed by atoms with Gasteiger partial charge in [-0.05, 0) is 6.42 Å². The van der Waals surface area contributed by atoms with Crippen molar-refractivity contribution in [1.29, 1.82) is 0 Å². The van der Waals surface area contributed by atoms with E-state index in [-0.39, 0.29) is 11.9 Å².